The average molecular weight is 295 g/mol. The first-order valence-corrected chi connectivity index (χ1v) is 7.28. The highest BCUT2D eigenvalue weighted by atomic mass is 16.4. The Balaban J connectivity index is 1.88. The predicted molar refractivity (Wildman–Crippen MR) is 83.6 cm³/mol. The standard InChI is InChI=1S/C18H17NO3/c1-11(18(21)22)19-17(20)10-16-14-8-4-2-6-12(14)13-7-3-5-9-15(13)16/h2-9,11,16H,10H2,1H3,(H,19,20)(H,21,22). The minimum absolute atomic E-state index is 0.0200. The van der Waals surface area contributed by atoms with E-state index in [1.54, 1.807) is 0 Å². The monoisotopic (exact) mass is 295 g/mol. The van der Waals surface area contributed by atoms with Gasteiger partial charge >= 0.3 is 5.97 Å². The lowest BCUT2D eigenvalue weighted by Crippen LogP contribution is -2.38. The van der Waals surface area contributed by atoms with Gasteiger partial charge in [0, 0.05) is 12.3 Å². The van der Waals surface area contributed by atoms with Crippen molar-refractivity contribution in [3.63, 3.8) is 0 Å². The van der Waals surface area contributed by atoms with Crippen molar-refractivity contribution in [1.82, 2.24) is 5.32 Å². The van der Waals surface area contributed by atoms with E-state index in [1.807, 2.05) is 36.4 Å². The summed E-state index contributed by atoms with van der Waals surface area (Å²) in [7, 11) is 0. The molecule has 0 saturated carbocycles. The van der Waals surface area contributed by atoms with Gasteiger partial charge in [-0.1, -0.05) is 48.5 Å². The zero-order chi connectivity index (χ0) is 15.7. The van der Waals surface area contributed by atoms with E-state index in [9.17, 15) is 9.59 Å². The molecule has 2 aromatic carbocycles. The van der Waals surface area contributed by atoms with E-state index < -0.39 is 12.0 Å². The van der Waals surface area contributed by atoms with Crippen molar-refractivity contribution in [2.75, 3.05) is 0 Å². The highest BCUT2D eigenvalue weighted by Gasteiger charge is 2.30. The molecule has 0 aliphatic heterocycles. The van der Waals surface area contributed by atoms with Gasteiger partial charge < -0.3 is 10.4 Å². The zero-order valence-electron chi connectivity index (χ0n) is 12.2. The molecule has 4 nitrogen and oxygen atoms in total. The molecule has 0 aromatic heterocycles. The molecule has 3 rings (SSSR count). The number of benzene rings is 2. The number of rotatable bonds is 4. The van der Waals surface area contributed by atoms with E-state index in [4.69, 9.17) is 5.11 Å². The molecular formula is C18H17NO3. The van der Waals surface area contributed by atoms with Gasteiger partial charge in [-0.15, -0.1) is 0 Å². The molecule has 1 aliphatic carbocycles. The van der Waals surface area contributed by atoms with Crippen LogP contribution in [0, 0.1) is 0 Å². The summed E-state index contributed by atoms with van der Waals surface area (Å²) in [6, 6.07) is 15.2. The number of fused-ring (bicyclic) bond motifs is 3. The molecule has 1 unspecified atom stereocenters. The molecule has 1 atom stereocenters. The van der Waals surface area contributed by atoms with Gasteiger partial charge in [0.25, 0.3) is 0 Å². The van der Waals surface area contributed by atoms with Crippen molar-refractivity contribution in [2.45, 2.75) is 25.3 Å². The summed E-state index contributed by atoms with van der Waals surface area (Å²) in [5.74, 6) is -1.29. The molecule has 0 spiro atoms. The van der Waals surface area contributed by atoms with Gasteiger partial charge in [0.15, 0.2) is 0 Å². The molecule has 0 radical (unpaired) electrons. The lowest BCUT2D eigenvalue weighted by molar-refractivity contribution is -0.141. The Morgan fingerprint density at radius 3 is 2.05 bits per heavy atom. The fourth-order valence-electron chi connectivity index (χ4n) is 3.03. The Labute approximate surface area is 128 Å². The summed E-state index contributed by atoms with van der Waals surface area (Å²) in [4.78, 5) is 23.0. The average Bonchev–Trinajstić information content (AvgIpc) is 2.82. The number of carboxylic acid groups (broad SMARTS) is 1. The van der Waals surface area contributed by atoms with Gasteiger partial charge in [0.05, 0.1) is 0 Å². The summed E-state index contributed by atoms with van der Waals surface area (Å²) in [6.07, 6.45) is 0.256. The third kappa shape index (κ3) is 2.48. The van der Waals surface area contributed by atoms with Crippen LogP contribution in [-0.2, 0) is 9.59 Å². The van der Waals surface area contributed by atoms with Crippen LogP contribution < -0.4 is 5.32 Å². The molecule has 112 valence electrons. The van der Waals surface area contributed by atoms with E-state index >= 15 is 0 Å². The Hall–Kier alpha value is -2.62. The molecule has 0 bridgehead atoms. The van der Waals surface area contributed by atoms with E-state index in [1.165, 1.54) is 6.92 Å². The van der Waals surface area contributed by atoms with Gasteiger partial charge in [-0.2, -0.15) is 0 Å². The van der Waals surface area contributed by atoms with Crippen LogP contribution in [0.2, 0.25) is 0 Å². The normalized spacial score (nSPS) is 14.0. The maximum atomic E-state index is 12.2. The lowest BCUT2D eigenvalue weighted by atomic mass is 9.93. The van der Waals surface area contributed by atoms with Gasteiger partial charge in [-0.3, -0.25) is 9.59 Å². The van der Waals surface area contributed by atoms with Crippen molar-refractivity contribution in [1.29, 1.82) is 0 Å². The number of amides is 1. The quantitative estimate of drug-likeness (QED) is 0.911. The minimum Gasteiger partial charge on any atom is -0.480 e. The summed E-state index contributed by atoms with van der Waals surface area (Å²) in [5.41, 5.74) is 4.56. The highest BCUT2D eigenvalue weighted by molar-refractivity contribution is 5.86. The van der Waals surface area contributed by atoms with E-state index in [0.29, 0.717) is 0 Å². The zero-order valence-corrected chi connectivity index (χ0v) is 12.2. The number of hydrogen-bond donors (Lipinski definition) is 2. The van der Waals surface area contributed by atoms with Crippen LogP contribution in [0.3, 0.4) is 0 Å². The smallest absolute Gasteiger partial charge is 0.325 e. The van der Waals surface area contributed by atoms with Crippen molar-refractivity contribution in [3.05, 3.63) is 59.7 Å². The number of carboxylic acids is 1. The second kappa shape index (κ2) is 5.64. The van der Waals surface area contributed by atoms with Crippen LogP contribution >= 0.6 is 0 Å². The topological polar surface area (TPSA) is 66.4 Å². The maximum Gasteiger partial charge on any atom is 0.325 e. The number of nitrogens with one attached hydrogen (secondary N) is 1. The van der Waals surface area contributed by atoms with Crippen LogP contribution in [0.25, 0.3) is 11.1 Å². The van der Waals surface area contributed by atoms with Gasteiger partial charge in [0.2, 0.25) is 5.91 Å². The largest absolute Gasteiger partial charge is 0.480 e. The molecule has 2 N–H and O–H groups in total. The van der Waals surface area contributed by atoms with E-state index in [-0.39, 0.29) is 18.2 Å². The number of aliphatic carboxylic acids is 1. The van der Waals surface area contributed by atoms with Crippen LogP contribution in [0.1, 0.15) is 30.4 Å². The summed E-state index contributed by atoms with van der Waals surface area (Å²) in [6.45, 7) is 1.47. The Morgan fingerprint density at radius 1 is 1.05 bits per heavy atom. The molecule has 0 fully saturated rings. The molecule has 4 heteroatoms. The number of carbonyl (C=O) groups excluding carboxylic acids is 1. The van der Waals surface area contributed by atoms with Crippen LogP contribution in [0.4, 0.5) is 0 Å². The predicted octanol–water partition coefficient (Wildman–Crippen LogP) is 2.78. The SMILES string of the molecule is CC(NC(=O)CC1c2ccccc2-c2ccccc21)C(=O)O. The van der Waals surface area contributed by atoms with Crippen molar-refractivity contribution in [2.24, 2.45) is 0 Å². The molecule has 1 amide bonds. The molecule has 22 heavy (non-hydrogen) atoms. The van der Waals surface area contributed by atoms with E-state index in [0.717, 1.165) is 22.3 Å². The Bertz CT molecular complexity index is 693. The van der Waals surface area contributed by atoms with Crippen molar-refractivity contribution in [3.8, 4) is 11.1 Å². The first kappa shape index (κ1) is 14.3. The lowest BCUT2D eigenvalue weighted by Gasteiger charge is -2.15. The molecule has 0 saturated heterocycles. The second-order valence-electron chi connectivity index (χ2n) is 5.56. The van der Waals surface area contributed by atoms with Gasteiger partial charge in [-0.25, -0.2) is 0 Å². The van der Waals surface area contributed by atoms with Crippen molar-refractivity contribution < 1.29 is 14.7 Å². The van der Waals surface area contributed by atoms with Crippen molar-refractivity contribution >= 4 is 11.9 Å². The number of carbonyl (C=O) groups is 2. The summed E-state index contributed by atoms with van der Waals surface area (Å²) < 4.78 is 0. The maximum absolute atomic E-state index is 12.2. The molecule has 1 aliphatic rings. The fourth-order valence-corrected chi connectivity index (χ4v) is 3.03. The van der Waals surface area contributed by atoms with Crippen LogP contribution in [0.5, 0.6) is 0 Å². The Kier molecular flexibility index (Phi) is 3.67. The molecule has 0 heterocycles. The highest BCUT2D eigenvalue weighted by Crippen LogP contribution is 2.45. The third-order valence-corrected chi connectivity index (χ3v) is 4.10. The summed E-state index contributed by atoms with van der Waals surface area (Å²) >= 11 is 0. The molecular weight excluding hydrogens is 278 g/mol. The van der Waals surface area contributed by atoms with Crippen LogP contribution in [0.15, 0.2) is 48.5 Å². The van der Waals surface area contributed by atoms with Gasteiger partial charge in [0.1, 0.15) is 6.04 Å². The van der Waals surface area contributed by atoms with Gasteiger partial charge in [-0.05, 0) is 29.2 Å². The Morgan fingerprint density at radius 2 is 1.55 bits per heavy atom. The van der Waals surface area contributed by atoms with Crippen LogP contribution in [-0.4, -0.2) is 23.0 Å². The fraction of sp³-hybridized carbons (Fsp3) is 0.222. The van der Waals surface area contributed by atoms with E-state index in [2.05, 4.69) is 17.4 Å². The summed E-state index contributed by atoms with van der Waals surface area (Å²) in [5, 5.41) is 11.4. The minimum atomic E-state index is -1.03. The first-order valence-electron chi connectivity index (χ1n) is 7.28. The first-order chi connectivity index (χ1) is 10.6. The third-order valence-electron chi connectivity index (χ3n) is 4.10. The number of hydrogen-bond acceptors (Lipinski definition) is 2. The molecule has 2 aromatic rings. The second-order valence-corrected chi connectivity index (χ2v) is 5.56.